The number of hydrogen-bond donors (Lipinski definition) is 2. The van der Waals surface area contributed by atoms with Gasteiger partial charge in [-0.2, -0.15) is 0 Å². The van der Waals surface area contributed by atoms with Crippen LogP contribution < -0.4 is 0 Å². The number of methoxy groups -OCH3 is 1. The average molecular weight is 150 g/mol. The molecule has 4 nitrogen and oxygen atoms in total. The molecule has 0 fully saturated rings. The number of carboxylic acid groups (broad SMARTS) is 2. The highest BCUT2D eigenvalue weighted by molar-refractivity contribution is 5.53. The zero-order chi connectivity index (χ0) is 8.99. The molecule has 0 rings (SSSR count). The number of carbonyl (C=O) groups is 1. The Morgan fingerprint density at radius 1 is 1.50 bits per heavy atom. The van der Waals surface area contributed by atoms with Crippen molar-refractivity contribution in [3.8, 4) is 0 Å². The number of allylic oxidation sites excluding steroid dienone is 1. The van der Waals surface area contributed by atoms with E-state index in [1.165, 1.54) is 0 Å². The summed E-state index contributed by atoms with van der Waals surface area (Å²) in [5.41, 5.74) is 0. The summed E-state index contributed by atoms with van der Waals surface area (Å²) >= 11 is 0. The van der Waals surface area contributed by atoms with Crippen molar-refractivity contribution in [2.75, 3.05) is 14.2 Å². The molecule has 0 aliphatic carbocycles. The van der Waals surface area contributed by atoms with E-state index in [1.54, 1.807) is 20.3 Å². The summed E-state index contributed by atoms with van der Waals surface area (Å²) in [4.78, 5) is 8.56. The largest absolute Gasteiger partial charge is 0.503 e. The molecular formula is C6H14O4. The van der Waals surface area contributed by atoms with Gasteiger partial charge in [0.2, 0.25) is 0 Å². The predicted molar refractivity (Wildman–Crippen MR) is 39.5 cm³/mol. The molecule has 0 aliphatic rings. The summed E-state index contributed by atoms with van der Waals surface area (Å²) in [6.45, 7) is 5.25. The first-order chi connectivity index (χ1) is 4.56. The maximum atomic E-state index is 8.56. The topological polar surface area (TPSA) is 66.8 Å². The molecule has 2 N–H and O–H groups in total. The Kier molecular flexibility index (Phi) is 39.3. The first-order valence-electron chi connectivity index (χ1n) is 2.45. The summed E-state index contributed by atoms with van der Waals surface area (Å²) in [5, 5.41) is 13.9. The molecule has 0 saturated heterocycles. The fourth-order valence-corrected chi connectivity index (χ4v) is 0. The second kappa shape index (κ2) is 24.6. The lowest BCUT2D eigenvalue weighted by atomic mass is 10.8. The number of rotatable bonds is 0. The maximum absolute atomic E-state index is 8.56. The van der Waals surface area contributed by atoms with Crippen LogP contribution >= 0.6 is 0 Å². The van der Waals surface area contributed by atoms with Gasteiger partial charge in [-0.25, -0.2) is 4.79 Å². The van der Waals surface area contributed by atoms with Crippen molar-refractivity contribution in [1.29, 1.82) is 0 Å². The van der Waals surface area contributed by atoms with E-state index in [9.17, 15) is 0 Å². The second-order valence-corrected chi connectivity index (χ2v) is 1.10. The van der Waals surface area contributed by atoms with Crippen LogP contribution in [0.3, 0.4) is 0 Å². The van der Waals surface area contributed by atoms with Gasteiger partial charge in [0.15, 0.2) is 0 Å². The Bertz CT molecular complexity index is 66.1. The third-order valence-corrected chi connectivity index (χ3v) is 0. The van der Waals surface area contributed by atoms with Gasteiger partial charge in [0.1, 0.15) is 0 Å². The van der Waals surface area contributed by atoms with Crippen LogP contribution in [0, 0.1) is 0 Å². The molecular weight excluding hydrogens is 136 g/mol. The van der Waals surface area contributed by atoms with Gasteiger partial charge in [0, 0.05) is 14.2 Å². The summed E-state index contributed by atoms with van der Waals surface area (Å²) in [6.07, 6.45) is -0.0833. The fraction of sp³-hybridized carbons (Fsp3) is 0.500. The van der Waals surface area contributed by atoms with Crippen LogP contribution in [0.25, 0.3) is 0 Å². The summed E-state index contributed by atoms with van der Waals surface area (Å²) in [6, 6.07) is 0. The Morgan fingerprint density at radius 2 is 1.50 bits per heavy atom. The quantitative estimate of drug-likeness (QED) is 0.515. The van der Waals surface area contributed by atoms with Gasteiger partial charge in [-0.15, -0.1) is 6.58 Å². The lowest BCUT2D eigenvalue weighted by Gasteiger charge is -1.61. The van der Waals surface area contributed by atoms with Crippen molar-refractivity contribution in [3.63, 3.8) is 0 Å². The molecule has 0 amide bonds. The van der Waals surface area contributed by atoms with Crippen LogP contribution in [0.15, 0.2) is 12.7 Å². The van der Waals surface area contributed by atoms with Crippen molar-refractivity contribution in [1.82, 2.24) is 0 Å². The number of ether oxygens (including phenoxy) is 1. The molecule has 0 radical (unpaired) electrons. The molecule has 0 aromatic rings. The second-order valence-electron chi connectivity index (χ2n) is 1.10. The smallest absolute Gasteiger partial charge is 0.450 e. The highest BCUT2D eigenvalue weighted by Crippen LogP contribution is 1.42. The molecule has 4 heteroatoms. The van der Waals surface area contributed by atoms with Crippen LogP contribution in [-0.4, -0.2) is 30.6 Å². The molecule has 0 saturated carbocycles. The van der Waals surface area contributed by atoms with Crippen molar-refractivity contribution >= 4 is 6.16 Å². The van der Waals surface area contributed by atoms with E-state index in [1.807, 2.05) is 6.92 Å². The van der Waals surface area contributed by atoms with Gasteiger partial charge in [0.25, 0.3) is 0 Å². The standard InChI is InChI=1S/C3H6.C2H6O.CH2O3/c2*1-3-2;2-1(3)4/h3H,1H2,2H3;1-2H3;(H2,2,3,4). The molecule has 0 spiro atoms. The van der Waals surface area contributed by atoms with Crippen molar-refractivity contribution in [3.05, 3.63) is 12.7 Å². The van der Waals surface area contributed by atoms with Gasteiger partial charge in [0.05, 0.1) is 0 Å². The molecule has 0 aromatic heterocycles. The minimum absolute atomic E-state index is 1.62. The van der Waals surface area contributed by atoms with E-state index < -0.39 is 6.16 Å². The molecule has 0 bridgehead atoms. The first-order valence-corrected chi connectivity index (χ1v) is 2.45. The highest BCUT2D eigenvalue weighted by atomic mass is 16.6. The Labute approximate surface area is 60.7 Å². The van der Waals surface area contributed by atoms with Gasteiger partial charge in [-0.05, 0) is 6.92 Å². The lowest BCUT2D eigenvalue weighted by Crippen LogP contribution is -1.81. The fourth-order valence-electron chi connectivity index (χ4n) is 0. The van der Waals surface area contributed by atoms with E-state index in [4.69, 9.17) is 15.0 Å². The van der Waals surface area contributed by atoms with Crippen molar-refractivity contribution in [2.45, 2.75) is 6.92 Å². The van der Waals surface area contributed by atoms with Crippen LogP contribution in [0.1, 0.15) is 6.92 Å². The monoisotopic (exact) mass is 150 g/mol. The van der Waals surface area contributed by atoms with Crippen molar-refractivity contribution in [2.24, 2.45) is 0 Å². The SMILES string of the molecule is C=CC.COC.O=C(O)O. The molecule has 0 heterocycles. The van der Waals surface area contributed by atoms with Gasteiger partial charge in [-0.3, -0.25) is 0 Å². The van der Waals surface area contributed by atoms with Crippen LogP contribution in [0.5, 0.6) is 0 Å². The van der Waals surface area contributed by atoms with E-state index in [2.05, 4.69) is 11.3 Å². The third kappa shape index (κ3) is 234. The summed E-state index contributed by atoms with van der Waals surface area (Å²) in [5.74, 6) is 0. The predicted octanol–water partition coefficient (Wildman–Crippen LogP) is 1.68. The first kappa shape index (κ1) is 16.0. The van der Waals surface area contributed by atoms with E-state index in [0.717, 1.165) is 0 Å². The van der Waals surface area contributed by atoms with Crippen LogP contribution in [-0.2, 0) is 4.74 Å². The molecule has 0 atom stereocenters. The van der Waals surface area contributed by atoms with Gasteiger partial charge in [-0.1, -0.05) is 6.08 Å². The molecule has 10 heavy (non-hydrogen) atoms. The minimum Gasteiger partial charge on any atom is -0.450 e. The minimum atomic E-state index is -1.83. The summed E-state index contributed by atoms with van der Waals surface area (Å²) < 4.78 is 4.25. The van der Waals surface area contributed by atoms with E-state index >= 15 is 0 Å². The Morgan fingerprint density at radius 3 is 1.50 bits per heavy atom. The van der Waals surface area contributed by atoms with E-state index in [-0.39, 0.29) is 0 Å². The molecule has 0 aliphatic heterocycles. The number of hydrogen-bond acceptors (Lipinski definition) is 2. The normalized spacial score (nSPS) is 5.50. The molecule has 62 valence electrons. The van der Waals surface area contributed by atoms with Crippen molar-refractivity contribution < 1.29 is 19.7 Å². The zero-order valence-electron chi connectivity index (χ0n) is 6.50. The zero-order valence-corrected chi connectivity index (χ0v) is 6.50. The molecule has 0 aromatic carbocycles. The highest BCUT2D eigenvalue weighted by Gasteiger charge is 1.70. The van der Waals surface area contributed by atoms with Gasteiger partial charge >= 0.3 is 6.16 Å². The summed E-state index contributed by atoms with van der Waals surface area (Å²) in [7, 11) is 3.25. The average Bonchev–Trinajstić information content (AvgIpc) is 1.65. The maximum Gasteiger partial charge on any atom is 0.503 e. The van der Waals surface area contributed by atoms with Crippen LogP contribution in [0.2, 0.25) is 0 Å². The Hall–Kier alpha value is -1.03. The van der Waals surface area contributed by atoms with Crippen LogP contribution in [0.4, 0.5) is 4.79 Å². The van der Waals surface area contributed by atoms with E-state index in [0.29, 0.717) is 0 Å². The van der Waals surface area contributed by atoms with Gasteiger partial charge < -0.3 is 14.9 Å². The molecule has 0 unspecified atom stereocenters. The third-order valence-electron chi connectivity index (χ3n) is 0. The lowest BCUT2D eigenvalue weighted by molar-refractivity contribution is 0.137. The Balaban J connectivity index is -0.0000000750.